The number of nitrogens with zero attached hydrogens (tertiary/aromatic N) is 2. The number of carbonyl (C=O) groups excluding carboxylic acids is 1. The fraction of sp³-hybridized carbons (Fsp3) is 0.200. The Morgan fingerprint density at radius 2 is 2.26 bits per heavy atom. The number of allylic oxidation sites excluding steroid dienone is 1. The van der Waals surface area contributed by atoms with Gasteiger partial charge >= 0.3 is 0 Å². The van der Waals surface area contributed by atoms with Gasteiger partial charge in [0, 0.05) is 12.7 Å². The molecule has 4 heteroatoms. The van der Waals surface area contributed by atoms with Crippen molar-refractivity contribution in [1.82, 2.24) is 9.78 Å². The largest absolute Gasteiger partial charge is 0.289 e. The summed E-state index contributed by atoms with van der Waals surface area (Å²) in [6.45, 7) is 4.49. The molecule has 0 aliphatic rings. The Labute approximate surface area is 111 Å². The van der Waals surface area contributed by atoms with Crippen molar-refractivity contribution in [3.05, 3.63) is 59.2 Å². The Morgan fingerprint density at radius 1 is 1.47 bits per heavy atom. The van der Waals surface area contributed by atoms with E-state index in [0.717, 1.165) is 6.54 Å². The molecule has 2 aromatic rings. The minimum absolute atomic E-state index is 0.124. The molecule has 0 fully saturated rings. The first-order valence-electron chi connectivity index (χ1n) is 6.12. The van der Waals surface area contributed by atoms with Gasteiger partial charge in [0.25, 0.3) is 0 Å². The minimum Gasteiger partial charge on any atom is -0.289 e. The number of hydrogen-bond acceptors (Lipinski definition) is 2. The van der Waals surface area contributed by atoms with Crippen molar-refractivity contribution in [3.63, 3.8) is 0 Å². The van der Waals surface area contributed by atoms with Gasteiger partial charge in [-0.05, 0) is 37.6 Å². The molecule has 0 saturated carbocycles. The van der Waals surface area contributed by atoms with Crippen LogP contribution in [0, 0.1) is 12.7 Å². The van der Waals surface area contributed by atoms with E-state index in [-0.39, 0.29) is 11.6 Å². The van der Waals surface area contributed by atoms with Crippen molar-refractivity contribution in [1.29, 1.82) is 0 Å². The summed E-state index contributed by atoms with van der Waals surface area (Å²) in [6, 6.07) is 6.11. The van der Waals surface area contributed by atoms with Crippen molar-refractivity contribution in [2.75, 3.05) is 0 Å². The number of carbonyl (C=O) groups is 1. The highest BCUT2D eigenvalue weighted by Crippen LogP contribution is 2.10. The highest BCUT2D eigenvalue weighted by Gasteiger charge is 2.09. The molecule has 0 aliphatic carbocycles. The van der Waals surface area contributed by atoms with E-state index >= 15 is 0 Å². The van der Waals surface area contributed by atoms with E-state index in [1.165, 1.54) is 18.2 Å². The predicted octanol–water partition coefficient (Wildman–Crippen LogP) is 3.25. The standard InChI is InChI=1S/C15H15FN2O/c1-3-18-10-14(11(2)17-18)15(19)8-7-12-5-4-6-13(16)9-12/h4-10H,3H2,1-2H3/b8-7+. The van der Waals surface area contributed by atoms with Crippen LogP contribution in [0.3, 0.4) is 0 Å². The average molecular weight is 258 g/mol. The Bertz CT molecular complexity index is 629. The van der Waals surface area contributed by atoms with Gasteiger partial charge in [0.05, 0.1) is 11.3 Å². The molecule has 0 atom stereocenters. The molecule has 98 valence electrons. The van der Waals surface area contributed by atoms with E-state index < -0.39 is 0 Å². The van der Waals surface area contributed by atoms with E-state index in [4.69, 9.17) is 0 Å². The fourth-order valence-corrected chi connectivity index (χ4v) is 1.79. The average Bonchev–Trinajstić information content (AvgIpc) is 2.77. The van der Waals surface area contributed by atoms with Crippen LogP contribution in [-0.4, -0.2) is 15.6 Å². The van der Waals surface area contributed by atoms with Crippen LogP contribution in [0.25, 0.3) is 6.08 Å². The normalized spacial score (nSPS) is 11.1. The molecular formula is C15H15FN2O. The van der Waals surface area contributed by atoms with Crippen molar-refractivity contribution in [2.24, 2.45) is 0 Å². The van der Waals surface area contributed by atoms with Crippen LogP contribution in [0.15, 0.2) is 36.5 Å². The summed E-state index contributed by atoms with van der Waals surface area (Å²) in [5.74, 6) is -0.439. The molecule has 0 N–H and O–H groups in total. The van der Waals surface area contributed by atoms with Gasteiger partial charge < -0.3 is 0 Å². The SMILES string of the molecule is CCn1cc(C(=O)/C=C/c2cccc(F)c2)c(C)n1. The Kier molecular flexibility index (Phi) is 3.90. The molecule has 0 unspecified atom stereocenters. The molecule has 0 bridgehead atoms. The number of hydrogen-bond donors (Lipinski definition) is 0. The van der Waals surface area contributed by atoms with Crippen LogP contribution in [0.5, 0.6) is 0 Å². The van der Waals surface area contributed by atoms with Crippen molar-refractivity contribution in [3.8, 4) is 0 Å². The second-order valence-corrected chi connectivity index (χ2v) is 4.24. The van der Waals surface area contributed by atoms with E-state index in [1.807, 2.05) is 6.92 Å². The summed E-state index contributed by atoms with van der Waals surface area (Å²) in [7, 11) is 0. The summed E-state index contributed by atoms with van der Waals surface area (Å²) in [5, 5.41) is 4.22. The van der Waals surface area contributed by atoms with Crippen LogP contribution in [0.1, 0.15) is 28.5 Å². The molecule has 19 heavy (non-hydrogen) atoms. The van der Waals surface area contributed by atoms with Gasteiger partial charge in [0.15, 0.2) is 5.78 Å². The number of ketones is 1. The Hall–Kier alpha value is -2.23. The number of benzene rings is 1. The molecule has 0 spiro atoms. The first kappa shape index (κ1) is 13.2. The topological polar surface area (TPSA) is 34.9 Å². The highest BCUT2D eigenvalue weighted by molar-refractivity contribution is 6.07. The van der Waals surface area contributed by atoms with Crippen LogP contribution < -0.4 is 0 Å². The number of aromatic nitrogens is 2. The summed E-state index contributed by atoms with van der Waals surface area (Å²) in [6.07, 6.45) is 4.78. The Balaban J connectivity index is 2.18. The van der Waals surface area contributed by atoms with Crippen molar-refractivity contribution >= 4 is 11.9 Å². The van der Waals surface area contributed by atoms with E-state index in [9.17, 15) is 9.18 Å². The summed E-state index contributed by atoms with van der Waals surface area (Å²) >= 11 is 0. The van der Waals surface area contributed by atoms with Crippen LogP contribution in [0.2, 0.25) is 0 Å². The first-order valence-corrected chi connectivity index (χ1v) is 6.12. The molecular weight excluding hydrogens is 243 g/mol. The highest BCUT2D eigenvalue weighted by atomic mass is 19.1. The van der Waals surface area contributed by atoms with E-state index in [2.05, 4.69) is 5.10 Å². The molecule has 0 aliphatic heterocycles. The molecule has 0 amide bonds. The van der Waals surface area contributed by atoms with Gasteiger partial charge in [-0.1, -0.05) is 18.2 Å². The summed E-state index contributed by atoms with van der Waals surface area (Å²) in [4.78, 5) is 12.0. The smallest absolute Gasteiger partial charge is 0.189 e. The summed E-state index contributed by atoms with van der Waals surface area (Å²) in [5.41, 5.74) is 1.94. The predicted molar refractivity (Wildman–Crippen MR) is 72.4 cm³/mol. The number of halogens is 1. The zero-order chi connectivity index (χ0) is 13.8. The van der Waals surface area contributed by atoms with E-state index in [1.54, 1.807) is 36.0 Å². The number of rotatable bonds is 4. The number of aryl methyl sites for hydroxylation is 2. The second-order valence-electron chi connectivity index (χ2n) is 4.24. The van der Waals surface area contributed by atoms with Gasteiger partial charge in [-0.2, -0.15) is 5.10 Å². The van der Waals surface area contributed by atoms with Crippen LogP contribution in [0.4, 0.5) is 4.39 Å². The van der Waals surface area contributed by atoms with Gasteiger partial charge in [0.2, 0.25) is 0 Å². The quantitative estimate of drug-likeness (QED) is 0.623. The summed E-state index contributed by atoms with van der Waals surface area (Å²) < 4.78 is 14.7. The molecule has 1 aromatic carbocycles. The van der Waals surface area contributed by atoms with Gasteiger partial charge in [-0.3, -0.25) is 9.48 Å². The van der Waals surface area contributed by atoms with Crippen molar-refractivity contribution < 1.29 is 9.18 Å². The molecule has 2 rings (SSSR count). The third kappa shape index (κ3) is 3.16. The maximum atomic E-state index is 13.0. The molecule has 1 aromatic heterocycles. The monoisotopic (exact) mass is 258 g/mol. The molecule has 0 radical (unpaired) electrons. The maximum Gasteiger partial charge on any atom is 0.189 e. The fourth-order valence-electron chi connectivity index (χ4n) is 1.79. The lowest BCUT2D eigenvalue weighted by atomic mass is 10.1. The molecule has 1 heterocycles. The third-order valence-electron chi connectivity index (χ3n) is 2.81. The lowest BCUT2D eigenvalue weighted by Crippen LogP contribution is -1.95. The zero-order valence-corrected chi connectivity index (χ0v) is 10.9. The first-order chi connectivity index (χ1) is 9.10. The van der Waals surface area contributed by atoms with Crippen LogP contribution in [-0.2, 0) is 6.54 Å². The van der Waals surface area contributed by atoms with E-state index in [0.29, 0.717) is 16.8 Å². The van der Waals surface area contributed by atoms with Gasteiger partial charge in [0.1, 0.15) is 5.82 Å². The molecule has 3 nitrogen and oxygen atoms in total. The Morgan fingerprint density at radius 3 is 2.89 bits per heavy atom. The second kappa shape index (κ2) is 5.61. The zero-order valence-electron chi connectivity index (χ0n) is 10.9. The van der Waals surface area contributed by atoms with Gasteiger partial charge in [-0.15, -0.1) is 0 Å². The van der Waals surface area contributed by atoms with Crippen LogP contribution >= 0.6 is 0 Å². The third-order valence-corrected chi connectivity index (χ3v) is 2.81. The lowest BCUT2D eigenvalue weighted by molar-refractivity contribution is 0.104. The maximum absolute atomic E-state index is 13.0. The molecule has 0 saturated heterocycles. The lowest BCUT2D eigenvalue weighted by Gasteiger charge is -1.94. The minimum atomic E-state index is -0.315. The van der Waals surface area contributed by atoms with Gasteiger partial charge in [-0.25, -0.2) is 4.39 Å². The van der Waals surface area contributed by atoms with Crippen molar-refractivity contribution in [2.45, 2.75) is 20.4 Å².